The first-order valence-electron chi connectivity index (χ1n) is 7.09. The van der Waals surface area contributed by atoms with E-state index in [1.165, 1.54) is 18.2 Å². The number of hydrogen-bond donors (Lipinski definition) is 1. The Hall–Kier alpha value is -1.88. The Morgan fingerprint density at radius 2 is 2.19 bits per heavy atom. The molecule has 1 aromatic carbocycles. The maximum Gasteiger partial charge on any atom is 0.289 e. The van der Waals surface area contributed by atoms with E-state index >= 15 is 0 Å². The van der Waals surface area contributed by atoms with Crippen LogP contribution in [0.25, 0.3) is 11.0 Å². The van der Waals surface area contributed by atoms with Crippen LogP contribution in [0.1, 0.15) is 37.2 Å². The lowest BCUT2D eigenvalue weighted by Crippen LogP contribution is -2.48. The summed E-state index contributed by atoms with van der Waals surface area (Å²) in [5.74, 6) is -0.430. The van der Waals surface area contributed by atoms with Gasteiger partial charge in [0.2, 0.25) is 0 Å². The molecule has 0 spiro atoms. The molecule has 0 saturated carbocycles. The van der Waals surface area contributed by atoms with Gasteiger partial charge >= 0.3 is 0 Å². The Kier molecular flexibility index (Phi) is 3.24. The van der Waals surface area contributed by atoms with E-state index in [-0.39, 0.29) is 23.5 Å². The fourth-order valence-electron chi connectivity index (χ4n) is 3.01. The van der Waals surface area contributed by atoms with Crippen molar-refractivity contribution in [1.29, 1.82) is 0 Å². The molecule has 1 aromatic heterocycles. The van der Waals surface area contributed by atoms with Gasteiger partial charge in [-0.15, -0.1) is 0 Å². The van der Waals surface area contributed by atoms with Crippen LogP contribution in [0, 0.1) is 5.82 Å². The lowest BCUT2D eigenvalue weighted by molar-refractivity contribution is -0.000680. The van der Waals surface area contributed by atoms with E-state index in [4.69, 9.17) is 4.42 Å². The first kappa shape index (κ1) is 14.1. The maximum absolute atomic E-state index is 13.2. The molecule has 0 radical (unpaired) electrons. The predicted octanol–water partition coefficient (Wildman–Crippen LogP) is 2.95. The van der Waals surface area contributed by atoms with Crippen molar-refractivity contribution in [3.8, 4) is 0 Å². The number of nitrogens with zero attached hydrogens (tertiary/aromatic N) is 1. The number of halogens is 1. The highest BCUT2D eigenvalue weighted by atomic mass is 19.1. The number of amides is 1. The number of carbonyl (C=O) groups is 1. The summed E-state index contributed by atoms with van der Waals surface area (Å²) in [7, 11) is 0. The predicted molar refractivity (Wildman–Crippen MR) is 76.5 cm³/mol. The Bertz CT molecular complexity index is 686. The second-order valence-corrected chi connectivity index (χ2v) is 6.10. The molecule has 3 rings (SSSR count). The van der Waals surface area contributed by atoms with Crippen molar-refractivity contribution in [2.24, 2.45) is 0 Å². The van der Waals surface area contributed by atoms with Crippen LogP contribution < -0.4 is 0 Å². The van der Waals surface area contributed by atoms with E-state index in [9.17, 15) is 14.3 Å². The van der Waals surface area contributed by atoms with Gasteiger partial charge in [-0.05, 0) is 51.0 Å². The lowest BCUT2D eigenvalue weighted by Gasteiger charge is -2.33. The highest BCUT2D eigenvalue weighted by Gasteiger charge is 2.39. The van der Waals surface area contributed by atoms with Crippen LogP contribution in [-0.2, 0) is 0 Å². The van der Waals surface area contributed by atoms with Gasteiger partial charge in [-0.25, -0.2) is 4.39 Å². The van der Waals surface area contributed by atoms with Crippen LogP contribution in [0.2, 0.25) is 0 Å². The molecule has 1 saturated heterocycles. The highest BCUT2D eigenvalue weighted by Crippen LogP contribution is 2.29. The van der Waals surface area contributed by atoms with E-state index < -0.39 is 5.60 Å². The number of benzene rings is 1. The molecule has 112 valence electrons. The van der Waals surface area contributed by atoms with Crippen LogP contribution in [0.3, 0.4) is 0 Å². The molecule has 0 aliphatic carbocycles. The molecule has 1 N–H and O–H groups in total. The van der Waals surface area contributed by atoms with Crippen LogP contribution in [0.5, 0.6) is 0 Å². The van der Waals surface area contributed by atoms with Crippen molar-refractivity contribution in [3.63, 3.8) is 0 Å². The zero-order valence-electron chi connectivity index (χ0n) is 12.1. The van der Waals surface area contributed by atoms with E-state index in [0.29, 0.717) is 17.5 Å². The van der Waals surface area contributed by atoms with Crippen molar-refractivity contribution >= 4 is 16.9 Å². The number of fused-ring (bicyclic) bond motifs is 1. The summed E-state index contributed by atoms with van der Waals surface area (Å²) in [5.41, 5.74) is -0.469. The highest BCUT2D eigenvalue weighted by molar-refractivity contribution is 5.96. The number of carbonyl (C=O) groups excluding carboxylic acids is 1. The Morgan fingerprint density at radius 3 is 2.90 bits per heavy atom. The van der Waals surface area contributed by atoms with Crippen LogP contribution >= 0.6 is 0 Å². The van der Waals surface area contributed by atoms with Gasteiger partial charge in [0.05, 0.1) is 11.6 Å². The Morgan fingerprint density at radius 1 is 1.43 bits per heavy atom. The van der Waals surface area contributed by atoms with Crippen molar-refractivity contribution in [3.05, 3.63) is 35.8 Å². The minimum absolute atomic E-state index is 0.187. The number of rotatable bonds is 2. The maximum atomic E-state index is 13.2. The first-order valence-corrected chi connectivity index (χ1v) is 7.09. The van der Waals surface area contributed by atoms with Crippen LogP contribution in [0.15, 0.2) is 28.7 Å². The van der Waals surface area contributed by atoms with Gasteiger partial charge in [0.25, 0.3) is 5.91 Å². The molecule has 1 aliphatic rings. The third-order valence-electron chi connectivity index (χ3n) is 4.02. The standard InChI is InChI=1S/C16H18FNO3/c1-16(2,20)14-4-3-7-18(14)15(19)13-9-10-8-11(17)5-6-12(10)21-13/h5-6,8-9,14,20H,3-4,7H2,1-2H3. The van der Waals surface area contributed by atoms with Crippen LogP contribution in [0.4, 0.5) is 4.39 Å². The fourth-order valence-corrected chi connectivity index (χ4v) is 3.01. The molecule has 1 atom stereocenters. The summed E-state index contributed by atoms with van der Waals surface area (Å²) in [4.78, 5) is 14.2. The fraction of sp³-hybridized carbons (Fsp3) is 0.438. The number of furan rings is 1. The molecule has 1 fully saturated rings. The molecule has 1 unspecified atom stereocenters. The van der Waals surface area contributed by atoms with Crippen molar-refractivity contribution in [2.75, 3.05) is 6.54 Å². The molecule has 5 heteroatoms. The van der Waals surface area contributed by atoms with E-state index in [1.54, 1.807) is 24.8 Å². The summed E-state index contributed by atoms with van der Waals surface area (Å²) in [6, 6.07) is 5.48. The normalized spacial score (nSPS) is 19.4. The molecule has 4 nitrogen and oxygen atoms in total. The topological polar surface area (TPSA) is 53.7 Å². The average Bonchev–Trinajstić information content (AvgIpc) is 3.02. The Labute approximate surface area is 122 Å². The van der Waals surface area contributed by atoms with Crippen molar-refractivity contribution < 1.29 is 18.7 Å². The van der Waals surface area contributed by atoms with Crippen molar-refractivity contribution in [1.82, 2.24) is 4.90 Å². The molecule has 1 amide bonds. The van der Waals surface area contributed by atoms with Gasteiger partial charge in [-0.1, -0.05) is 0 Å². The quantitative estimate of drug-likeness (QED) is 0.925. The van der Waals surface area contributed by atoms with Gasteiger partial charge in [0.15, 0.2) is 5.76 Å². The second-order valence-electron chi connectivity index (χ2n) is 6.10. The molecule has 21 heavy (non-hydrogen) atoms. The lowest BCUT2D eigenvalue weighted by atomic mass is 9.96. The summed E-state index contributed by atoms with van der Waals surface area (Å²) in [6.07, 6.45) is 1.62. The van der Waals surface area contributed by atoms with Gasteiger partial charge in [-0.2, -0.15) is 0 Å². The summed E-state index contributed by atoms with van der Waals surface area (Å²) < 4.78 is 18.7. The summed E-state index contributed by atoms with van der Waals surface area (Å²) in [6.45, 7) is 4.01. The zero-order chi connectivity index (χ0) is 15.2. The Balaban J connectivity index is 1.93. The third kappa shape index (κ3) is 2.53. The van der Waals surface area contributed by atoms with Crippen LogP contribution in [-0.4, -0.2) is 34.1 Å². The molecule has 0 bridgehead atoms. The monoisotopic (exact) mass is 291 g/mol. The molecular weight excluding hydrogens is 273 g/mol. The third-order valence-corrected chi connectivity index (χ3v) is 4.02. The van der Waals surface area contributed by atoms with Gasteiger partial charge in [0.1, 0.15) is 11.4 Å². The minimum atomic E-state index is -0.954. The van der Waals surface area contributed by atoms with E-state index in [0.717, 1.165) is 12.8 Å². The van der Waals surface area contributed by atoms with Crippen molar-refractivity contribution in [2.45, 2.75) is 38.3 Å². The average molecular weight is 291 g/mol. The molecule has 2 heterocycles. The largest absolute Gasteiger partial charge is 0.451 e. The van der Waals surface area contributed by atoms with E-state index in [1.807, 2.05) is 0 Å². The molecule has 1 aliphatic heterocycles. The smallest absolute Gasteiger partial charge is 0.289 e. The first-order chi connectivity index (χ1) is 9.86. The van der Waals surface area contributed by atoms with E-state index in [2.05, 4.69) is 0 Å². The van der Waals surface area contributed by atoms with Gasteiger partial charge in [0, 0.05) is 11.9 Å². The zero-order valence-corrected chi connectivity index (χ0v) is 12.1. The summed E-state index contributed by atoms with van der Waals surface area (Å²) >= 11 is 0. The SMILES string of the molecule is CC(C)(O)C1CCCN1C(=O)c1cc2cc(F)ccc2o1. The second kappa shape index (κ2) is 4.84. The number of aliphatic hydroxyl groups is 1. The summed E-state index contributed by atoms with van der Waals surface area (Å²) in [5, 5.41) is 10.8. The van der Waals surface area contributed by atoms with Gasteiger partial charge < -0.3 is 14.4 Å². The number of likely N-dealkylation sites (tertiary alicyclic amines) is 1. The molecular formula is C16H18FNO3. The minimum Gasteiger partial charge on any atom is -0.451 e. The molecule has 2 aromatic rings. The number of hydrogen-bond acceptors (Lipinski definition) is 3. The van der Waals surface area contributed by atoms with Gasteiger partial charge in [-0.3, -0.25) is 4.79 Å².